The Kier molecular flexibility index (Phi) is 6.71. The molecule has 1 amide bonds. The molecule has 9 heteroatoms. The third-order valence-electron chi connectivity index (χ3n) is 5.25. The fourth-order valence-corrected chi connectivity index (χ4v) is 5.98. The van der Waals surface area contributed by atoms with Crippen LogP contribution in [0.4, 0.5) is 0 Å². The van der Waals surface area contributed by atoms with E-state index in [4.69, 9.17) is 11.6 Å². The Morgan fingerprint density at radius 1 is 1.10 bits per heavy atom. The molecule has 0 bridgehead atoms. The number of halogens is 1. The molecular weight excluding hydrogens is 454 g/mol. The molecule has 1 saturated heterocycles. The number of carbonyl (C=O) groups is 1. The smallest absolute Gasteiger partial charge is 0.244 e. The van der Waals surface area contributed by atoms with Crippen molar-refractivity contribution in [3.8, 4) is 10.6 Å². The van der Waals surface area contributed by atoms with Crippen LogP contribution in [0.15, 0.2) is 65.0 Å². The third kappa shape index (κ3) is 4.98. The summed E-state index contributed by atoms with van der Waals surface area (Å²) in [5.41, 5.74) is 1.77. The minimum atomic E-state index is -3.91. The fourth-order valence-electron chi connectivity index (χ4n) is 3.60. The molecule has 2 heterocycles. The van der Waals surface area contributed by atoms with Crippen molar-refractivity contribution in [2.75, 3.05) is 6.54 Å². The van der Waals surface area contributed by atoms with Crippen molar-refractivity contribution in [3.63, 3.8) is 0 Å². The lowest BCUT2D eigenvalue weighted by molar-refractivity contribution is -0.124. The average molecular weight is 476 g/mol. The van der Waals surface area contributed by atoms with E-state index in [1.807, 2.05) is 29.6 Å². The first-order chi connectivity index (χ1) is 14.9. The summed E-state index contributed by atoms with van der Waals surface area (Å²) in [6.07, 6.45) is 3.84. The summed E-state index contributed by atoms with van der Waals surface area (Å²) in [4.78, 5) is 17.2. The maximum atomic E-state index is 13.6. The molecule has 1 aliphatic rings. The van der Waals surface area contributed by atoms with Crippen LogP contribution in [0.25, 0.3) is 10.6 Å². The highest BCUT2D eigenvalue weighted by atomic mass is 35.5. The van der Waals surface area contributed by atoms with Gasteiger partial charge >= 0.3 is 0 Å². The van der Waals surface area contributed by atoms with Crippen LogP contribution in [0.3, 0.4) is 0 Å². The zero-order valence-corrected chi connectivity index (χ0v) is 19.1. The second-order valence-electron chi connectivity index (χ2n) is 7.34. The van der Waals surface area contributed by atoms with Crippen molar-refractivity contribution in [2.45, 2.75) is 36.7 Å². The van der Waals surface area contributed by atoms with E-state index in [-0.39, 0.29) is 17.3 Å². The Morgan fingerprint density at radius 3 is 2.52 bits per heavy atom. The topological polar surface area (TPSA) is 79.4 Å². The minimum Gasteiger partial charge on any atom is -0.355 e. The molecule has 0 saturated carbocycles. The van der Waals surface area contributed by atoms with Gasteiger partial charge in [0.1, 0.15) is 11.0 Å². The van der Waals surface area contributed by atoms with Gasteiger partial charge in [-0.2, -0.15) is 4.31 Å². The second-order valence-corrected chi connectivity index (χ2v) is 10.6. The number of amides is 1. The lowest BCUT2D eigenvalue weighted by Gasteiger charge is -2.29. The third-order valence-corrected chi connectivity index (χ3v) is 8.19. The van der Waals surface area contributed by atoms with E-state index < -0.39 is 16.1 Å². The van der Waals surface area contributed by atoms with Gasteiger partial charge in [-0.1, -0.05) is 35.9 Å². The standard InChI is InChI=1S/C22H22ClN3O3S2/c23-18-8-10-19(11-9-18)31(28,29)26(20-3-1-2-12-24-21(20)27)15-16-4-6-17(7-5-16)22-25-13-14-30-22/h4-11,13-14,20H,1-3,12,15H2,(H,24,27)/t20-/m1/s1. The van der Waals surface area contributed by atoms with Crippen molar-refractivity contribution >= 4 is 38.9 Å². The minimum absolute atomic E-state index is 0.0984. The number of benzene rings is 2. The van der Waals surface area contributed by atoms with E-state index in [9.17, 15) is 13.2 Å². The lowest BCUT2D eigenvalue weighted by Crippen LogP contribution is -2.48. The average Bonchev–Trinajstić information content (AvgIpc) is 3.22. The zero-order valence-electron chi connectivity index (χ0n) is 16.7. The monoisotopic (exact) mass is 475 g/mol. The Bertz CT molecular complexity index is 1130. The van der Waals surface area contributed by atoms with Gasteiger partial charge in [0, 0.05) is 35.3 Å². The van der Waals surface area contributed by atoms with Crippen LogP contribution in [0.2, 0.25) is 5.02 Å². The van der Waals surface area contributed by atoms with Gasteiger partial charge in [-0.05, 0) is 49.1 Å². The zero-order chi connectivity index (χ0) is 21.8. The summed E-state index contributed by atoms with van der Waals surface area (Å²) in [6, 6.07) is 12.9. The Balaban J connectivity index is 1.68. The van der Waals surface area contributed by atoms with Gasteiger partial charge in [0.25, 0.3) is 0 Å². The quantitative estimate of drug-likeness (QED) is 0.575. The van der Waals surface area contributed by atoms with Gasteiger partial charge in [-0.15, -0.1) is 11.3 Å². The van der Waals surface area contributed by atoms with Crippen LogP contribution >= 0.6 is 22.9 Å². The highest BCUT2D eigenvalue weighted by Gasteiger charge is 2.36. The molecule has 1 aromatic heterocycles. The molecule has 0 spiro atoms. The number of sulfonamides is 1. The van der Waals surface area contributed by atoms with Crippen molar-refractivity contribution in [1.29, 1.82) is 0 Å². The summed E-state index contributed by atoms with van der Waals surface area (Å²) in [5, 5.41) is 6.12. The Labute approximate surface area is 190 Å². The van der Waals surface area contributed by atoms with E-state index in [0.29, 0.717) is 18.0 Å². The molecule has 1 aliphatic heterocycles. The first-order valence-electron chi connectivity index (χ1n) is 9.99. The summed E-state index contributed by atoms with van der Waals surface area (Å²) < 4.78 is 28.4. The van der Waals surface area contributed by atoms with Gasteiger partial charge in [0.15, 0.2) is 0 Å². The van der Waals surface area contributed by atoms with Crippen molar-refractivity contribution in [1.82, 2.24) is 14.6 Å². The van der Waals surface area contributed by atoms with Gasteiger partial charge in [-0.3, -0.25) is 4.79 Å². The molecule has 1 atom stereocenters. The normalized spacial score (nSPS) is 17.4. The first-order valence-corrected chi connectivity index (χ1v) is 12.7. The predicted molar refractivity (Wildman–Crippen MR) is 122 cm³/mol. The molecule has 3 aromatic rings. The molecule has 31 heavy (non-hydrogen) atoms. The highest BCUT2D eigenvalue weighted by Crippen LogP contribution is 2.27. The highest BCUT2D eigenvalue weighted by molar-refractivity contribution is 7.89. The molecule has 4 rings (SSSR count). The van der Waals surface area contributed by atoms with E-state index in [2.05, 4.69) is 10.3 Å². The van der Waals surface area contributed by atoms with Gasteiger partial charge in [-0.25, -0.2) is 13.4 Å². The van der Waals surface area contributed by atoms with Crippen LogP contribution in [0.5, 0.6) is 0 Å². The van der Waals surface area contributed by atoms with Crippen LogP contribution in [-0.2, 0) is 21.4 Å². The molecular formula is C22H22ClN3O3S2. The van der Waals surface area contributed by atoms with Gasteiger partial charge < -0.3 is 5.32 Å². The summed E-state index contributed by atoms with van der Waals surface area (Å²) in [7, 11) is -3.91. The number of thiazole rings is 1. The molecule has 162 valence electrons. The van der Waals surface area contributed by atoms with E-state index in [0.717, 1.165) is 29.0 Å². The van der Waals surface area contributed by atoms with Crippen LogP contribution in [0, 0.1) is 0 Å². The van der Waals surface area contributed by atoms with Gasteiger partial charge in [0.2, 0.25) is 15.9 Å². The summed E-state index contributed by atoms with van der Waals surface area (Å²) in [5.74, 6) is -0.255. The molecule has 1 fully saturated rings. The van der Waals surface area contributed by atoms with Crippen LogP contribution < -0.4 is 5.32 Å². The maximum Gasteiger partial charge on any atom is 0.244 e. The lowest BCUT2D eigenvalue weighted by atomic mass is 10.1. The number of hydrogen-bond acceptors (Lipinski definition) is 5. The Morgan fingerprint density at radius 2 is 1.84 bits per heavy atom. The van der Waals surface area contributed by atoms with E-state index in [1.165, 1.54) is 16.4 Å². The van der Waals surface area contributed by atoms with Crippen molar-refractivity contribution in [2.24, 2.45) is 0 Å². The first kappa shape index (κ1) is 22.0. The number of carbonyl (C=O) groups excluding carboxylic acids is 1. The Hall–Kier alpha value is -2.26. The molecule has 0 aliphatic carbocycles. The number of aromatic nitrogens is 1. The molecule has 0 radical (unpaired) electrons. The number of nitrogens with zero attached hydrogens (tertiary/aromatic N) is 2. The number of nitrogens with one attached hydrogen (secondary N) is 1. The number of rotatable bonds is 6. The molecule has 1 N–H and O–H groups in total. The maximum absolute atomic E-state index is 13.6. The summed E-state index contributed by atoms with van der Waals surface area (Å²) in [6.45, 7) is 0.661. The van der Waals surface area contributed by atoms with Crippen LogP contribution in [0.1, 0.15) is 24.8 Å². The van der Waals surface area contributed by atoms with Gasteiger partial charge in [0.05, 0.1) is 4.90 Å². The fraction of sp³-hybridized carbons (Fsp3) is 0.273. The molecule has 6 nitrogen and oxygen atoms in total. The molecule has 0 unspecified atom stereocenters. The number of hydrogen-bond donors (Lipinski definition) is 1. The van der Waals surface area contributed by atoms with Crippen molar-refractivity contribution in [3.05, 3.63) is 70.7 Å². The second kappa shape index (κ2) is 9.48. The van der Waals surface area contributed by atoms with E-state index in [1.54, 1.807) is 29.7 Å². The summed E-state index contributed by atoms with van der Waals surface area (Å²) >= 11 is 7.49. The SMILES string of the molecule is O=C1NCCCC[C@H]1N(Cc1ccc(-c2nccs2)cc1)S(=O)(=O)c1ccc(Cl)cc1. The largest absolute Gasteiger partial charge is 0.355 e. The van der Waals surface area contributed by atoms with Crippen LogP contribution in [-0.4, -0.2) is 36.2 Å². The predicted octanol–water partition coefficient (Wildman–Crippen LogP) is 4.32. The van der Waals surface area contributed by atoms with E-state index >= 15 is 0 Å². The molecule has 2 aromatic carbocycles. The van der Waals surface area contributed by atoms with Crippen molar-refractivity contribution < 1.29 is 13.2 Å².